The second kappa shape index (κ2) is 8.06. The van der Waals surface area contributed by atoms with E-state index in [0.717, 1.165) is 17.0 Å². The van der Waals surface area contributed by atoms with Gasteiger partial charge >= 0.3 is 0 Å². The van der Waals surface area contributed by atoms with Crippen LogP contribution in [0.4, 0.5) is 0 Å². The van der Waals surface area contributed by atoms with Crippen molar-refractivity contribution in [3.63, 3.8) is 0 Å². The number of nitrogens with zero attached hydrogens (tertiary/aromatic N) is 3. The number of rotatable bonds is 3. The van der Waals surface area contributed by atoms with Crippen LogP contribution >= 0.6 is 0 Å². The Morgan fingerprint density at radius 1 is 0.906 bits per heavy atom. The lowest BCUT2D eigenvalue weighted by molar-refractivity contribution is -0.634. The molecule has 0 atom stereocenters. The van der Waals surface area contributed by atoms with Crippen LogP contribution in [0.1, 0.15) is 87.6 Å². The molecule has 0 unspecified atom stereocenters. The molecule has 0 N–H and O–H groups in total. The van der Waals surface area contributed by atoms with Crippen LogP contribution in [-0.2, 0) is 7.05 Å². The van der Waals surface area contributed by atoms with E-state index in [1.807, 2.05) is 0 Å². The van der Waals surface area contributed by atoms with E-state index >= 15 is 0 Å². The monoisotopic (exact) mass is 428 g/mol. The van der Waals surface area contributed by atoms with Gasteiger partial charge in [-0.05, 0) is 69.2 Å². The van der Waals surface area contributed by atoms with Gasteiger partial charge in [0.15, 0.2) is 22.5 Å². The summed E-state index contributed by atoms with van der Waals surface area (Å²) in [5.74, 6) is 2.70. The molecule has 2 aliphatic carbocycles. The van der Waals surface area contributed by atoms with Gasteiger partial charge in [-0.1, -0.05) is 43.9 Å². The first kappa shape index (κ1) is 20.0. The predicted molar refractivity (Wildman–Crippen MR) is 129 cm³/mol. The minimum atomic E-state index is 0.474. The van der Waals surface area contributed by atoms with Gasteiger partial charge in [-0.15, -0.1) is 0 Å². The van der Waals surface area contributed by atoms with Crippen LogP contribution in [0.25, 0.3) is 33.5 Å². The van der Waals surface area contributed by atoms with Crippen LogP contribution in [0.15, 0.2) is 40.8 Å². The number of hydrogen-bond acceptors (Lipinski definition) is 2. The lowest BCUT2D eigenvalue weighted by Gasteiger charge is -2.21. The van der Waals surface area contributed by atoms with Gasteiger partial charge in [0.1, 0.15) is 17.1 Å². The lowest BCUT2D eigenvalue weighted by atomic mass is 9.89. The summed E-state index contributed by atoms with van der Waals surface area (Å²) in [5.41, 5.74) is 7.09. The van der Waals surface area contributed by atoms with E-state index < -0.39 is 0 Å². The highest BCUT2D eigenvalue weighted by atomic mass is 16.3. The number of benzene rings is 2. The van der Waals surface area contributed by atoms with Crippen molar-refractivity contribution in [2.75, 3.05) is 0 Å². The molecule has 2 heterocycles. The Hall–Kier alpha value is -2.62. The lowest BCUT2D eigenvalue weighted by Crippen LogP contribution is -2.31. The molecule has 4 nitrogen and oxygen atoms in total. The largest absolute Gasteiger partial charge is 0.439 e. The van der Waals surface area contributed by atoms with Gasteiger partial charge in [0.05, 0.1) is 7.05 Å². The van der Waals surface area contributed by atoms with E-state index in [4.69, 9.17) is 9.40 Å². The summed E-state index contributed by atoms with van der Waals surface area (Å²) >= 11 is 0. The number of hydrogen-bond donors (Lipinski definition) is 0. The van der Waals surface area contributed by atoms with E-state index in [1.54, 1.807) is 0 Å². The summed E-state index contributed by atoms with van der Waals surface area (Å²) in [6.07, 6.45) is 12.8. The fourth-order valence-electron chi connectivity index (χ4n) is 6.25. The van der Waals surface area contributed by atoms with Crippen LogP contribution in [-0.4, -0.2) is 9.55 Å². The minimum Gasteiger partial charge on any atom is -0.439 e. The van der Waals surface area contributed by atoms with Gasteiger partial charge in [-0.25, -0.2) is 14.1 Å². The third-order valence-corrected chi connectivity index (χ3v) is 7.95. The van der Waals surface area contributed by atoms with E-state index in [2.05, 4.69) is 59.5 Å². The summed E-state index contributed by atoms with van der Waals surface area (Å²) in [7, 11) is 2.22. The Labute approximate surface area is 190 Å². The summed E-state index contributed by atoms with van der Waals surface area (Å²) in [4.78, 5) is 5.00. The maximum absolute atomic E-state index is 6.63. The molecule has 2 aromatic carbocycles. The number of oxazole rings is 1. The Balaban J connectivity index is 1.60. The van der Waals surface area contributed by atoms with E-state index in [-0.39, 0.29) is 0 Å². The first-order chi connectivity index (χ1) is 15.7. The number of aromatic nitrogens is 3. The Kier molecular flexibility index (Phi) is 5.04. The molecule has 166 valence electrons. The van der Waals surface area contributed by atoms with Gasteiger partial charge in [-0.3, -0.25) is 0 Å². The zero-order chi connectivity index (χ0) is 21.7. The number of aryl methyl sites for hydroxylation is 2. The zero-order valence-electron chi connectivity index (χ0n) is 19.4. The van der Waals surface area contributed by atoms with E-state index in [9.17, 15) is 0 Å². The summed E-state index contributed by atoms with van der Waals surface area (Å²) in [6, 6.07) is 13.8. The van der Waals surface area contributed by atoms with Gasteiger partial charge in [0, 0.05) is 5.92 Å². The highest BCUT2D eigenvalue weighted by Crippen LogP contribution is 2.40. The predicted octanol–water partition coefficient (Wildman–Crippen LogP) is 7.14. The molecule has 2 aromatic heterocycles. The molecule has 2 aliphatic rings. The zero-order valence-corrected chi connectivity index (χ0v) is 19.4. The molecule has 6 rings (SSSR count). The third kappa shape index (κ3) is 3.18. The Morgan fingerprint density at radius 2 is 1.62 bits per heavy atom. The fourth-order valence-corrected chi connectivity index (χ4v) is 6.25. The van der Waals surface area contributed by atoms with Crippen molar-refractivity contribution < 1.29 is 8.98 Å². The highest BCUT2D eigenvalue weighted by molar-refractivity contribution is 5.91. The molecule has 0 amide bonds. The normalized spacial score (nSPS) is 18.7. The van der Waals surface area contributed by atoms with Crippen molar-refractivity contribution in [2.45, 2.75) is 83.1 Å². The van der Waals surface area contributed by atoms with Crippen molar-refractivity contribution in [3.05, 3.63) is 47.9 Å². The molecule has 4 heteroatoms. The molecule has 0 aliphatic heterocycles. The summed E-state index contributed by atoms with van der Waals surface area (Å²) < 4.78 is 11.6. The fraction of sp³-hybridized carbons (Fsp3) is 0.500. The maximum atomic E-state index is 6.63. The molecule has 4 aromatic rings. The molecule has 2 saturated carbocycles. The molecular formula is C28H34N3O+. The van der Waals surface area contributed by atoms with Crippen molar-refractivity contribution >= 4 is 22.1 Å². The summed E-state index contributed by atoms with van der Waals surface area (Å²) in [5, 5.41) is 0. The van der Waals surface area contributed by atoms with Gasteiger partial charge in [-0.2, -0.15) is 0 Å². The van der Waals surface area contributed by atoms with Crippen LogP contribution in [0, 0.1) is 6.92 Å². The highest BCUT2D eigenvalue weighted by Gasteiger charge is 2.34. The second-order valence-corrected chi connectivity index (χ2v) is 10.0. The van der Waals surface area contributed by atoms with E-state index in [1.165, 1.54) is 92.2 Å². The van der Waals surface area contributed by atoms with Gasteiger partial charge < -0.3 is 4.42 Å². The number of para-hydroxylation sites is 2. The molecule has 0 spiro atoms. The third-order valence-electron chi connectivity index (χ3n) is 7.95. The number of fused-ring (bicyclic) bond motifs is 2. The molecule has 0 radical (unpaired) electrons. The van der Waals surface area contributed by atoms with Crippen molar-refractivity contribution in [3.8, 4) is 11.4 Å². The van der Waals surface area contributed by atoms with Crippen molar-refractivity contribution in [1.29, 1.82) is 0 Å². The SMILES string of the molecule is Cc1ccc2nc(C3CCCCC3)oc2c1-c1n(C2CCCCC2)c2ccccc2[n+]1C. The molecule has 0 saturated heterocycles. The standard InChI is InChI=1S/C28H34N3O/c1-19-17-18-22-26(32-27(29-22)20-11-5-3-6-12-20)25(19)28-30(2)23-15-9-10-16-24(23)31(28)21-13-7-4-8-14-21/h9-10,15-18,20-21H,3-8,11-14H2,1-2H3/q+1. The Morgan fingerprint density at radius 3 is 2.41 bits per heavy atom. The van der Waals surface area contributed by atoms with E-state index in [0.29, 0.717) is 12.0 Å². The van der Waals surface area contributed by atoms with Crippen LogP contribution < -0.4 is 4.57 Å². The second-order valence-electron chi connectivity index (χ2n) is 10.0. The maximum Gasteiger partial charge on any atom is 0.294 e. The molecule has 2 fully saturated rings. The van der Waals surface area contributed by atoms with Crippen molar-refractivity contribution in [1.82, 2.24) is 9.55 Å². The number of imidazole rings is 1. The topological polar surface area (TPSA) is 34.8 Å². The first-order valence-electron chi connectivity index (χ1n) is 12.6. The minimum absolute atomic E-state index is 0.474. The average molecular weight is 429 g/mol. The van der Waals surface area contributed by atoms with Crippen molar-refractivity contribution in [2.24, 2.45) is 7.05 Å². The van der Waals surface area contributed by atoms with Gasteiger partial charge in [0.25, 0.3) is 5.82 Å². The average Bonchev–Trinajstić information content (AvgIpc) is 3.40. The molecule has 0 bridgehead atoms. The quantitative estimate of drug-likeness (QED) is 0.325. The molecular weight excluding hydrogens is 394 g/mol. The Bertz CT molecular complexity index is 1270. The first-order valence-corrected chi connectivity index (χ1v) is 12.6. The van der Waals surface area contributed by atoms with Gasteiger partial charge in [0.2, 0.25) is 0 Å². The van der Waals surface area contributed by atoms with Crippen LogP contribution in [0.3, 0.4) is 0 Å². The smallest absolute Gasteiger partial charge is 0.294 e. The van der Waals surface area contributed by atoms with Crippen LogP contribution in [0.5, 0.6) is 0 Å². The van der Waals surface area contributed by atoms with Crippen LogP contribution in [0.2, 0.25) is 0 Å². The summed E-state index contributed by atoms with van der Waals surface area (Å²) in [6.45, 7) is 2.22. The molecule has 32 heavy (non-hydrogen) atoms.